The van der Waals surface area contributed by atoms with Crippen molar-refractivity contribution in [2.75, 3.05) is 18.1 Å². The Labute approximate surface area is 104 Å². The summed E-state index contributed by atoms with van der Waals surface area (Å²) >= 11 is 2.02. The molecule has 0 saturated heterocycles. The summed E-state index contributed by atoms with van der Waals surface area (Å²) in [5.41, 5.74) is 1.44. The van der Waals surface area contributed by atoms with Gasteiger partial charge in [0.15, 0.2) is 0 Å². The van der Waals surface area contributed by atoms with Crippen molar-refractivity contribution in [3.63, 3.8) is 0 Å². The average molecular weight is 238 g/mol. The van der Waals surface area contributed by atoms with Crippen LogP contribution in [0.3, 0.4) is 0 Å². The van der Waals surface area contributed by atoms with E-state index in [0.29, 0.717) is 6.10 Å². The standard InChI is InChI=1S/C14H22OS/c1-13(2)15-10-6-11-16-12-9-14-7-4-3-5-8-14/h3-5,7-8,13H,6,9-12H2,1-2H3. The molecule has 90 valence electrons. The fourth-order valence-corrected chi connectivity index (χ4v) is 2.32. The van der Waals surface area contributed by atoms with Gasteiger partial charge >= 0.3 is 0 Å². The lowest BCUT2D eigenvalue weighted by Crippen LogP contribution is -2.04. The molecule has 0 saturated carbocycles. The summed E-state index contributed by atoms with van der Waals surface area (Å²) in [6, 6.07) is 10.7. The van der Waals surface area contributed by atoms with E-state index in [-0.39, 0.29) is 0 Å². The molecule has 0 aliphatic rings. The predicted octanol–water partition coefficient (Wildman–Crippen LogP) is 3.78. The molecule has 16 heavy (non-hydrogen) atoms. The quantitative estimate of drug-likeness (QED) is 0.637. The Hall–Kier alpha value is -0.470. The van der Waals surface area contributed by atoms with Crippen LogP contribution in [0.5, 0.6) is 0 Å². The van der Waals surface area contributed by atoms with Gasteiger partial charge in [0.25, 0.3) is 0 Å². The summed E-state index contributed by atoms with van der Waals surface area (Å²) in [5.74, 6) is 2.42. The molecule has 1 aromatic rings. The number of thioether (sulfide) groups is 1. The minimum Gasteiger partial charge on any atom is -0.379 e. The Bertz CT molecular complexity index is 259. The molecule has 1 rings (SSSR count). The normalized spacial score (nSPS) is 10.9. The summed E-state index contributed by atoms with van der Waals surface area (Å²) in [5, 5.41) is 0. The van der Waals surface area contributed by atoms with Crippen LogP contribution in [0.15, 0.2) is 30.3 Å². The van der Waals surface area contributed by atoms with Crippen LogP contribution in [0.4, 0.5) is 0 Å². The van der Waals surface area contributed by atoms with Gasteiger partial charge in [-0.3, -0.25) is 0 Å². The van der Waals surface area contributed by atoms with Gasteiger partial charge in [0.1, 0.15) is 0 Å². The van der Waals surface area contributed by atoms with E-state index in [9.17, 15) is 0 Å². The monoisotopic (exact) mass is 238 g/mol. The van der Waals surface area contributed by atoms with E-state index in [2.05, 4.69) is 44.2 Å². The molecule has 0 aromatic heterocycles. The van der Waals surface area contributed by atoms with Crippen LogP contribution in [-0.2, 0) is 11.2 Å². The smallest absolute Gasteiger partial charge is 0.0518 e. The van der Waals surface area contributed by atoms with Gasteiger partial charge in [-0.2, -0.15) is 11.8 Å². The first kappa shape index (κ1) is 13.6. The third-order valence-electron chi connectivity index (χ3n) is 2.26. The molecule has 0 N–H and O–H groups in total. The molecule has 0 amide bonds. The third-order valence-corrected chi connectivity index (χ3v) is 3.33. The average Bonchev–Trinajstić information content (AvgIpc) is 2.29. The Morgan fingerprint density at radius 3 is 2.56 bits per heavy atom. The minimum atomic E-state index is 0.370. The number of benzene rings is 1. The molecule has 0 heterocycles. The van der Waals surface area contributed by atoms with E-state index in [4.69, 9.17) is 4.74 Å². The van der Waals surface area contributed by atoms with Crippen LogP contribution in [0.1, 0.15) is 25.8 Å². The second kappa shape index (κ2) is 8.66. The fourth-order valence-electron chi connectivity index (χ4n) is 1.42. The first-order valence-electron chi connectivity index (χ1n) is 6.02. The summed E-state index contributed by atoms with van der Waals surface area (Å²) in [6.45, 7) is 5.07. The van der Waals surface area contributed by atoms with Gasteiger partial charge in [0, 0.05) is 6.61 Å². The van der Waals surface area contributed by atoms with E-state index in [1.54, 1.807) is 0 Å². The zero-order valence-corrected chi connectivity index (χ0v) is 11.1. The van der Waals surface area contributed by atoms with Gasteiger partial charge in [-0.15, -0.1) is 0 Å². The van der Waals surface area contributed by atoms with Crippen molar-refractivity contribution in [2.24, 2.45) is 0 Å². The highest BCUT2D eigenvalue weighted by Gasteiger charge is 1.95. The zero-order valence-electron chi connectivity index (χ0n) is 10.3. The Kier molecular flexibility index (Phi) is 7.35. The molecule has 2 heteroatoms. The van der Waals surface area contributed by atoms with Crippen LogP contribution in [0.25, 0.3) is 0 Å². The molecule has 0 fully saturated rings. The van der Waals surface area contributed by atoms with Crippen LogP contribution in [0, 0.1) is 0 Å². The van der Waals surface area contributed by atoms with Gasteiger partial charge in [-0.1, -0.05) is 30.3 Å². The van der Waals surface area contributed by atoms with Crippen molar-refractivity contribution >= 4 is 11.8 Å². The molecule has 0 atom stereocenters. The highest BCUT2D eigenvalue weighted by molar-refractivity contribution is 7.99. The van der Waals surface area contributed by atoms with Crippen molar-refractivity contribution in [1.29, 1.82) is 0 Å². The van der Waals surface area contributed by atoms with Gasteiger partial charge < -0.3 is 4.74 Å². The van der Waals surface area contributed by atoms with Crippen molar-refractivity contribution in [3.05, 3.63) is 35.9 Å². The number of rotatable bonds is 8. The van der Waals surface area contributed by atoms with E-state index >= 15 is 0 Å². The molecule has 0 radical (unpaired) electrons. The molecular formula is C14H22OS. The van der Waals surface area contributed by atoms with Crippen LogP contribution in [0.2, 0.25) is 0 Å². The summed E-state index contributed by atoms with van der Waals surface area (Å²) in [7, 11) is 0. The van der Waals surface area contributed by atoms with Gasteiger partial charge in [-0.05, 0) is 43.8 Å². The largest absolute Gasteiger partial charge is 0.379 e. The summed E-state index contributed by atoms with van der Waals surface area (Å²) < 4.78 is 5.49. The second-order valence-corrected chi connectivity index (χ2v) is 5.35. The van der Waals surface area contributed by atoms with Crippen molar-refractivity contribution < 1.29 is 4.74 Å². The van der Waals surface area contributed by atoms with Gasteiger partial charge in [0.05, 0.1) is 6.10 Å². The van der Waals surface area contributed by atoms with Gasteiger partial charge in [0.2, 0.25) is 0 Å². The molecule has 0 aliphatic carbocycles. The number of hydrogen-bond acceptors (Lipinski definition) is 2. The van der Waals surface area contributed by atoms with E-state index in [1.807, 2.05) is 11.8 Å². The van der Waals surface area contributed by atoms with Crippen LogP contribution >= 0.6 is 11.8 Å². The van der Waals surface area contributed by atoms with E-state index < -0.39 is 0 Å². The maximum Gasteiger partial charge on any atom is 0.0518 e. The zero-order chi connectivity index (χ0) is 11.6. The first-order valence-corrected chi connectivity index (χ1v) is 7.18. The van der Waals surface area contributed by atoms with Crippen molar-refractivity contribution in [1.82, 2.24) is 0 Å². The lowest BCUT2D eigenvalue weighted by Gasteiger charge is -2.06. The highest BCUT2D eigenvalue weighted by atomic mass is 32.2. The molecular weight excluding hydrogens is 216 g/mol. The maximum absolute atomic E-state index is 5.49. The van der Waals surface area contributed by atoms with E-state index in [0.717, 1.165) is 13.0 Å². The second-order valence-electron chi connectivity index (χ2n) is 4.12. The van der Waals surface area contributed by atoms with E-state index in [1.165, 1.54) is 23.5 Å². The SMILES string of the molecule is CC(C)OCCCSCCc1ccccc1. The van der Waals surface area contributed by atoms with Crippen LogP contribution < -0.4 is 0 Å². The Morgan fingerprint density at radius 1 is 1.12 bits per heavy atom. The van der Waals surface area contributed by atoms with Crippen molar-refractivity contribution in [3.8, 4) is 0 Å². The maximum atomic E-state index is 5.49. The van der Waals surface area contributed by atoms with Crippen LogP contribution in [-0.4, -0.2) is 24.2 Å². The first-order chi connectivity index (χ1) is 7.79. The molecule has 0 aliphatic heterocycles. The lowest BCUT2D eigenvalue weighted by atomic mass is 10.2. The van der Waals surface area contributed by atoms with Gasteiger partial charge in [-0.25, -0.2) is 0 Å². The topological polar surface area (TPSA) is 9.23 Å². The minimum absolute atomic E-state index is 0.370. The molecule has 0 unspecified atom stereocenters. The summed E-state index contributed by atoms with van der Waals surface area (Å²) in [4.78, 5) is 0. The number of ether oxygens (including phenoxy) is 1. The Balaban J connectivity index is 1.93. The molecule has 0 spiro atoms. The Morgan fingerprint density at radius 2 is 1.88 bits per heavy atom. The molecule has 0 bridgehead atoms. The lowest BCUT2D eigenvalue weighted by molar-refractivity contribution is 0.0800. The molecule has 1 nitrogen and oxygen atoms in total. The van der Waals surface area contributed by atoms with Crippen molar-refractivity contribution in [2.45, 2.75) is 32.8 Å². The molecule has 1 aromatic carbocycles. The predicted molar refractivity (Wildman–Crippen MR) is 73.2 cm³/mol. The fraction of sp³-hybridized carbons (Fsp3) is 0.571. The summed E-state index contributed by atoms with van der Waals surface area (Å²) in [6.07, 6.45) is 2.71. The number of hydrogen-bond donors (Lipinski definition) is 0. The number of aryl methyl sites for hydroxylation is 1. The third kappa shape index (κ3) is 6.91. The highest BCUT2D eigenvalue weighted by Crippen LogP contribution is 2.08.